The van der Waals surface area contributed by atoms with Gasteiger partial charge in [-0.3, -0.25) is 43.8 Å². The lowest BCUT2D eigenvalue weighted by atomic mass is 10.0. The highest BCUT2D eigenvalue weighted by Gasteiger charge is 2.44. The second-order valence-electron chi connectivity index (χ2n) is 16.3. The summed E-state index contributed by atoms with van der Waals surface area (Å²) >= 11 is 0. The summed E-state index contributed by atoms with van der Waals surface area (Å²) in [4.78, 5) is 99.5. The summed E-state index contributed by atoms with van der Waals surface area (Å²) in [7, 11) is 0. The number of unbranched alkanes of at least 4 members (excludes halogenated alkanes) is 1. The molecule has 7 amide bonds. The number of hydrogen-bond donors (Lipinski definition) is 5. The highest BCUT2D eigenvalue weighted by molar-refractivity contribution is 6.23. The van der Waals surface area contributed by atoms with E-state index in [1.165, 1.54) is 36.7 Å². The number of nitrogens with one attached hydrogen (secondary N) is 4. The van der Waals surface area contributed by atoms with Gasteiger partial charge in [-0.2, -0.15) is 0 Å². The van der Waals surface area contributed by atoms with E-state index < -0.39 is 36.0 Å². The summed E-state index contributed by atoms with van der Waals surface area (Å²) in [5, 5.41) is 11.5. The van der Waals surface area contributed by atoms with Crippen LogP contribution in [-0.4, -0.2) is 99.4 Å². The Morgan fingerprint density at radius 1 is 0.866 bits per heavy atom. The van der Waals surface area contributed by atoms with Crippen molar-refractivity contribution < 1.29 is 51.5 Å². The van der Waals surface area contributed by atoms with Gasteiger partial charge >= 0.3 is 6.36 Å². The molecule has 21 heteroatoms. The first-order valence-electron chi connectivity index (χ1n) is 21.6. The number of benzene rings is 3. The van der Waals surface area contributed by atoms with E-state index in [-0.39, 0.29) is 66.8 Å². The maximum atomic E-state index is 13.3. The number of aromatic nitrogens is 3. The molecule has 5 aromatic rings. The second-order valence-corrected chi connectivity index (χ2v) is 16.3. The van der Waals surface area contributed by atoms with Gasteiger partial charge in [0, 0.05) is 62.2 Å². The van der Waals surface area contributed by atoms with Crippen LogP contribution in [0.4, 0.5) is 30.4 Å². The van der Waals surface area contributed by atoms with Crippen molar-refractivity contribution >= 4 is 69.6 Å². The van der Waals surface area contributed by atoms with E-state index in [4.69, 9.17) is 5.73 Å². The fourth-order valence-corrected chi connectivity index (χ4v) is 8.52. The minimum Gasteiger partial charge on any atom is -0.406 e. The zero-order chi connectivity index (χ0) is 47.4. The van der Waals surface area contributed by atoms with Crippen LogP contribution >= 0.6 is 0 Å². The Kier molecular flexibility index (Phi) is 13.2. The average Bonchev–Trinajstić information content (AvgIpc) is 3.96. The number of hydrogen-bond acceptors (Lipinski definition) is 12. The molecule has 8 rings (SSSR count). The first-order valence-corrected chi connectivity index (χ1v) is 21.6. The molecule has 1 unspecified atom stereocenters. The minimum absolute atomic E-state index is 0.0149. The Balaban J connectivity index is 0.762. The lowest BCUT2D eigenvalue weighted by Crippen LogP contribution is -2.54. The molecule has 0 bridgehead atoms. The number of alkyl halides is 3. The molecule has 2 aromatic heterocycles. The maximum Gasteiger partial charge on any atom is 0.573 e. The molecule has 348 valence electrons. The molecule has 18 nitrogen and oxygen atoms in total. The highest BCUT2D eigenvalue weighted by Crippen LogP contribution is 2.38. The van der Waals surface area contributed by atoms with Crippen molar-refractivity contribution in [1.29, 1.82) is 0 Å². The summed E-state index contributed by atoms with van der Waals surface area (Å²) in [5.41, 5.74) is 11.3. The summed E-state index contributed by atoms with van der Waals surface area (Å²) < 4.78 is 44.2. The van der Waals surface area contributed by atoms with Crippen molar-refractivity contribution in [3.63, 3.8) is 0 Å². The summed E-state index contributed by atoms with van der Waals surface area (Å²) in [6.45, 7) is 1.55. The van der Waals surface area contributed by atoms with E-state index >= 15 is 0 Å². The van der Waals surface area contributed by atoms with Crippen LogP contribution in [0.5, 0.6) is 5.75 Å². The molecule has 3 aliphatic heterocycles. The first-order chi connectivity index (χ1) is 32.1. The molecule has 3 aliphatic rings. The smallest absolute Gasteiger partial charge is 0.406 e. The Bertz CT molecular complexity index is 2810. The van der Waals surface area contributed by atoms with Crippen LogP contribution in [0.2, 0.25) is 0 Å². The topological polar surface area (TPSA) is 240 Å². The van der Waals surface area contributed by atoms with Crippen molar-refractivity contribution in [3.05, 3.63) is 95.4 Å². The molecule has 0 saturated carbocycles. The quantitative estimate of drug-likeness (QED) is 0.0657. The predicted octanol–water partition coefficient (Wildman–Crippen LogP) is 4.02. The molecule has 67 heavy (non-hydrogen) atoms. The van der Waals surface area contributed by atoms with E-state index in [0.29, 0.717) is 80.0 Å². The SMILES string of the molecule is Nc1ncnc2c1c(-c1ccc3c(c1)CCN3C(=O)Cc1cccc(OC(F)(F)F)c1)cn2CCCNC(=O)CCCCNC(=O)CNc1ccc2c(c1)C(=O)N(C1CCC(=O)NC1=O)C2=O. The van der Waals surface area contributed by atoms with Crippen molar-refractivity contribution in [2.24, 2.45) is 0 Å². The van der Waals surface area contributed by atoms with Crippen molar-refractivity contribution in [1.82, 2.24) is 35.4 Å². The molecule has 0 radical (unpaired) electrons. The van der Waals surface area contributed by atoms with Gasteiger partial charge in [0.2, 0.25) is 29.5 Å². The zero-order valence-electron chi connectivity index (χ0n) is 35.9. The number of nitrogens with zero attached hydrogens (tertiary/aromatic N) is 5. The van der Waals surface area contributed by atoms with Gasteiger partial charge in [0.05, 0.1) is 29.5 Å². The van der Waals surface area contributed by atoms with E-state index in [1.807, 2.05) is 29.0 Å². The number of carbonyl (C=O) groups is 7. The molecule has 0 spiro atoms. The number of ether oxygens (including phenoxy) is 1. The molecule has 1 atom stereocenters. The fraction of sp³-hybridized carbons (Fsp3) is 0.326. The molecule has 0 aliphatic carbocycles. The predicted molar refractivity (Wildman–Crippen MR) is 236 cm³/mol. The number of piperidine rings is 1. The number of carbonyl (C=O) groups excluding carboxylic acids is 7. The number of nitrogens with two attached hydrogens (primary N) is 1. The number of imide groups is 2. The molecule has 6 N–H and O–H groups in total. The van der Waals surface area contributed by atoms with Crippen molar-refractivity contribution in [2.45, 2.75) is 70.3 Å². The van der Waals surface area contributed by atoms with Crippen LogP contribution in [0.15, 0.2) is 73.2 Å². The van der Waals surface area contributed by atoms with E-state index in [2.05, 4.69) is 36.0 Å². The second kappa shape index (κ2) is 19.3. The summed E-state index contributed by atoms with van der Waals surface area (Å²) in [6, 6.07) is 14.5. The Hall–Kier alpha value is -7.84. The number of rotatable bonds is 17. The van der Waals surface area contributed by atoms with Crippen molar-refractivity contribution in [3.8, 4) is 16.9 Å². The van der Waals surface area contributed by atoms with Gasteiger partial charge in [-0.25, -0.2) is 9.97 Å². The van der Waals surface area contributed by atoms with Gasteiger partial charge in [0.1, 0.15) is 29.6 Å². The van der Waals surface area contributed by atoms with Crippen LogP contribution in [0, 0.1) is 0 Å². The van der Waals surface area contributed by atoms with Gasteiger partial charge in [-0.1, -0.05) is 18.2 Å². The van der Waals surface area contributed by atoms with Gasteiger partial charge < -0.3 is 35.9 Å². The number of anilines is 3. The molecular formula is C46H45F3N10O8. The largest absolute Gasteiger partial charge is 0.573 e. The number of aryl methyl sites for hydroxylation is 1. The Morgan fingerprint density at radius 3 is 2.46 bits per heavy atom. The van der Waals surface area contributed by atoms with E-state index in [1.54, 1.807) is 17.0 Å². The first kappa shape index (κ1) is 45.7. The number of halogens is 3. The molecule has 1 saturated heterocycles. The third kappa shape index (κ3) is 10.3. The lowest BCUT2D eigenvalue weighted by Gasteiger charge is -2.27. The number of amides is 7. The van der Waals surface area contributed by atoms with Crippen LogP contribution in [0.3, 0.4) is 0 Å². The third-order valence-electron chi connectivity index (χ3n) is 11.7. The van der Waals surface area contributed by atoms with Crippen LogP contribution in [-0.2, 0) is 43.4 Å². The normalized spacial score (nSPS) is 15.7. The van der Waals surface area contributed by atoms with E-state index in [0.717, 1.165) is 27.3 Å². The van der Waals surface area contributed by atoms with E-state index in [9.17, 15) is 46.7 Å². The molecule has 5 heterocycles. The van der Waals surface area contributed by atoms with Gasteiger partial charge in [0.25, 0.3) is 11.8 Å². The highest BCUT2D eigenvalue weighted by atomic mass is 19.4. The fourth-order valence-electron chi connectivity index (χ4n) is 8.52. The number of fused-ring (bicyclic) bond motifs is 3. The molecule has 1 fully saturated rings. The Labute approximate surface area is 380 Å². The maximum absolute atomic E-state index is 13.3. The van der Waals surface area contributed by atoms with Crippen LogP contribution in [0.1, 0.15) is 70.4 Å². The minimum atomic E-state index is -4.84. The molecule has 3 aromatic carbocycles. The lowest BCUT2D eigenvalue weighted by molar-refractivity contribution is -0.274. The molecular weight excluding hydrogens is 878 g/mol. The van der Waals surface area contributed by atoms with Crippen LogP contribution in [0.25, 0.3) is 22.2 Å². The summed E-state index contributed by atoms with van der Waals surface area (Å²) in [5.74, 6) is -3.22. The van der Waals surface area contributed by atoms with Gasteiger partial charge in [-0.15, -0.1) is 13.2 Å². The van der Waals surface area contributed by atoms with Crippen LogP contribution < -0.4 is 36.6 Å². The average molecular weight is 923 g/mol. The van der Waals surface area contributed by atoms with Gasteiger partial charge in [0.15, 0.2) is 0 Å². The van der Waals surface area contributed by atoms with Gasteiger partial charge in [-0.05, 0) is 91.3 Å². The summed E-state index contributed by atoms with van der Waals surface area (Å²) in [6.07, 6.45) is 0.954. The standard InChI is InChI=1S/C46H45F3N10O8/c47-46(48,49)67-30-6-3-5-26(19-30)20-39(63)58-18-14-28-21-27(8-11-34(28)58)33-24-57(42-40(33)41(50)54-25-55-42)17-4-16-51-36(60)7-1-2-15-52-38(62)23-53-29-9-10-31-32(22-29)45(66)59(44(31)65)35-12-13-37(61)56-43(35)64/h3,5-6,8-11,19,21-22,24-25,35,53H,1-2,4,7,12-18,20,23H2,(H,51,60)(H,52,62)(H2,50,54,55)(H,56,61,64). The Morgan fingerprint density at radius 2 is 1.66 bits per heavy atom. The van der Waals surface area contributed by atoms with Crippen molar-refractivity contribution in [2.75, 3.05) is 42.1 Å². The monoisotopic (exact) mass is 922 g/mol. The number of nitrogen functional groups attached to an aromatic ring is 1. The third-order valence-corrected chi connectivity index (χ3v) is 11.7. The zero-order valence-corrected chi connectivity index (χ0v) is 35.9.